The number of hydrogen-bond acceptors (Lipinski definition) is 4. The fraction of sp³-hybridized carbons (Fsp3) is 0.200. The van der Waals surface area contributed by atoms with Crippen LogP contribution in [0.15, 0.2) is 72.8 Å². The van der Waals surface area contributed by atoms with E-state index < -0.39 is 12.1 Å². The Morgan fingerprint density at radius 1 is 0.906 bits per heavy atom. The van der Waals surface area contributed by atoms with E-state index in [0.29, 0.717) is 29.3 Å². The zero-order valence-corrected chi connectivity index (χ0v) is 18.0. The summed E-state index contributed by atoms with van der Waals surface area (Å²) < 4.78 is 10.5. The molecule has 0 saturated heterocycles. The summed E-state index contributed by atoms with van der Waals surface area (Å²) in [5.41, 5.74) is 3.25. The molecule has 0 bridgehead atoms. The quantitative estimate of drug-likeness (QED) is 0.614. The predicted octanol–water partition coefficient (Wildman–Crippen LogP) is 4.16. The minimum Gasteiger partial charge on any atom is -0.493 e. The lowest BCUT2D eigenvalue weighted by Gasteiger charge is -2.25. The van der Waals surface area contributed by atoms with E-state index in [1.807, 2.05) is 54.6 Å². The van der Waals surface area contributed by atoms with Crippen LogP contribution in [-0.2, 0) is 11.2 Å². The first kappa shape index (κ1) is 21.2. The lowest BCUT2D eigenvalue weighted by molar-refractivity contribution is -0.120. The molecular formula is C25H25N3O4. The van der Waals surface area contributed by atoms with Gasteiger partial charge in [0.25, 0.3) is 5.91 Å². The van der Waals surface area contributed by atoms with Crippen LogP contribution in [0.25, 0.3) is 0 Å². The largest absolute Gasteiger partial charge is 0.493 e. The first-order valence-corrected chi connectivity index (χ1v) is 10.3. The Kier molecular flexibility index (Phi) is 6.26. The molecule has 0 fully saturated rings. The van der Waals surface area contributed by atoms with E-state index in [4.69, 9.17) is 9.47 Å². The Morgan fingerprint density at radius 3 is 2.38 bits per heavy atom. The molecule has 0 unspecified atom stereocenters. The summed E-state index contributed by atoms with van der Waals surface area (Å²) in [6, 6.07) is 20.8. The second-order valence-corrected chi connectivity index (χ2v) is 7.38. The van der Waals surface area contributed by atoms with Gasteiger partial charge >= 0.3 is 6.03 Å². The molecule has 1 heterocycles. The SMILES string of the molecule is COc1ccc(NC(=O)N[C@@H](C(=O)N2CCc3ccccc32)c2ccccc2)cc1OC. The van der Waals surface area contributed by atoms with E-state index in [9.17, 15) is 9.59 Å². The van der Waals surface area contributed by atoms with Crippen LogP contribution < -0.4 is 25.0 Å². The highest BCUT2D eigenvalue weighted by Gasteiger charge is 2.32. The number of carbonyl (C=O) groups excluding carboxylic acids is 2. The van der Waals surface area contributed by atoms with Gasteiger partial charge in [0.15, 0.2) is 11.5 Å². The van der Waals surface area contributed by atoms with Crippen LogP contribution in [0.4, 0.5) is 16.2 Å². The number of nitrogens with zero attached hydrogens (tertiary/aromatic N) is 1. The summed E-state index contributed by atoms with van der Waals surface area (Å²) in [7, 11) is 3.07. The van der Waals surface area contributed by atoms with Crippen molar-refractivity contribution in [1.82, 2.24) is 5.32 Å². The molecule has 164 valence electrons. The van der Waals surface area contributed by atoms with Gasteiger partial charge in [-0.15, -0.1) is 0 Å². The van der Waals surface area contributed by atoms with Crippen LogP contribution in [0.3, 0.4) is 0 Å². The van der Waals surface area contributed by atoms with E-state index in [1.165, 1.54) is 7.11 Å². The fourth-order valence-corrected chi connectivity index (χ4v) is 3.87. The highest BCUT2D eigenvalue weighted by molar-refractivity contribution is 6.02. The molecule has 32 heavy (non-hydrogen) atoms. The smallest absolute Gasteiger partial charge is 0.320 e. The molecule has 0 aromatic heterocycles. The maximum atomic E-state index is 13.5. The highest BCUT2D eigenvalue weighted by atomic mass is 16.5. The number of anilines is 2. The van der Waals surface area contributed by atoms with Crippen molar-refractivity contribution >= 4 is 23.3 Å². The number of urea groups is 1. The number of hydrogen-bond donors (Lipinski definition) is 2. The zero-order chi connectivity index (χ0) is 22.5. The van der Waals surface area contributed by atoms with E-state index in [1.54, 1.807) is 30.2 Å². The Balaban J connectivity index is 1.56. The number of amides is 3. The first-order chi connectivity index (χ1) is 15.6. The predicted molar refractivity (Wildman–Crippen MR) is 123 cm³/mol. The second-order valence-electron chi connectivity index (χ2n) is 7.38. The Hall–Kier alpha value is -4.00. The highest BCUT2D eigenvalue weighted by Crippen LogP contribution is 2.31. The molecule has 0 saturated carbocycles. The third-order valence-corrected chi connectivity index (χ3v) is 5.45. The van der Waals surface area contributed by atoms with Crippen molar-refractivity contribution in [3.8, 4) is 11.5 Å². The fourth-order valence-electron chi connectivity index (χ4n) is 3.87. The average molecular weight is 431 g/mol. The molecule has 3 aromatic rings. The van der Waals surface area contributed by atoms with Crippen LogP contribution in [0.2, 0.25) is 0 Å². The summed E-state index contributed by atoms with van der Waals surface area (Å²) in [6.07, 6.45) is 0.793. The van der Waals surface area contributed by atoms with E-state index >= 15 is 0 Å². The Labute approximate surface area is 187 Å². The second kappa shape index (κ2) is 9.43. The van der Waals surface area contributed by atoms with Gasteiger partial charge < -0.3 is 25.0 Å². The van der Waals surface area contributed by atoms with Crippen LogP contribution in [-0.4, -0.2) is 32.7 Å². The Morgan fingerprint density at radius 2 is 1.62 bits per heavy atom. The molecule has 1 aliphatic heterocycles. The summed E-state index contributed by atoms with van der Waals surface area (Å²) in [5.74, 6) is 0.877. The number of benzene rings is 3. The van der Waals surface area contributed by atoms with Crippen LogP contribution in [0.1, 0.15) is 17.2 Å². The molecule has 1 atom stereocenters. The summed E-state index contributed by atoms with van der Waals surface area (Å²) in [6.45, 7) is 0.584. The Bertz CT molecular complexity index is 1120. The van der Waals surface area contributed by atoms with E-state index in [0.717, 1.165) is 17.7 Å². The van der Waals surface area contributed by atoms with Crippen molar-refractivity contribution in [3.63, 3.8) is 0 Å². The van der Waals surface area contributed by atoms with Gasteiger partial charge in [-0.3, -0.25) is 4.79 Å². The number of fused-ring (bicyclic) bond motifs is 1. The lowest BCUT2D eigenvalue weighted by Crippen LogP contribution is -2.43. The van der Waals surface area contributed by atoms with Gasteiger partial charge in [0.1, 0.15) is 6.04 Å². The standard InChI is InChI=1S/C25H25N3O4/c1-31-21-13-12-19(16-22(21)32-2)26-25(30)27-23(18-9-4-3-5-10-18)24(29)28-15-14-17-8-6-7-11-20(17)28/h3-13,16,23H,14-15H2,1-2H3,(H2,26,27,30)/t23-/m1/s1. The van der Waals surface area contributed by atoms with Crippen molar-refractivity contribution in [2.75, 3.05) is 31.0 Å². The minimum atomic E-state index is -0.831. The molecule has 0 spiro atoms. The molecule has 7 heteroatoms. The van der Waals surface area contributed by atoms with E-state index in [2.05, 4.69) is 10.6 Å². The maximum Gasteiger partial charge on any atom is 0.320 e. The molecule has 2 N–H and O–H groups in total. The van der Waals surface area contributed by atoms with Crippen molar-refractivity contribution in [1.29, 1.82) is 0 Å². The molecule has 1 aliphatic rings. The number of nitrogens with one attached hydrogen (secondary N) is 2. The van der Waals surface area contributed by atoms with E-state index in [-0.39, 0.29) is 5.91 Å². The topological polar surface area (TPSA) is 79.9 Å². The number of rotatable bonds is 6. The monoisotopic (exact) mass is 431 g/mol. The van der Waals surface area contributed by atoms with Gasteiger partial charge in [-0.25, -0.2) is 4.79 Å². The van der Waals surface area contributed by atoms with Crippen molar-refractivity contribution in [2.45, 2.75) is 12.5 Å². The van der Waals surface area contributed by atoms with Gasteiger partial charge in [-0.2, -0.15) is 0 Å². The van der Waals surface area contributed by atoms with Crippen LogP contribution in [0, 0.1) is 0 Å². The summed E-state index contributed by atoms with van der Waals surface area (Å²) in [5, 5.41) is 5.62. The van der Waals surface area contributed by atoms with Crippen LogP contribution >= 0.6 is 0 Å². The molecule has 3 amide bonds. The molecule has 4 rings (SSSR count). The van der Waals surface area contributed by atoms with Crippen molar-refractivity contribution in [3.05, 3.63) is 83.9 Å². The van der Waals surface area contributed by atoms with Gasteiger partial charge in [-0.05, 0) is 35.7 Å². The van der Waals surface area contributed by atoms with Crippen LogP contribution in [0.5, 0.6) is 11.5 Å². The molecule has 0 radical (unpaired) electrons. The summed E-state index contributed by atoms with van der Waals surface area (Å²) >= 11 is 0. The number of ether oxygens (including phenoxy) is 2. The summed E-state index contributed by atoms with van der Waals surface area (Å²) in [4.78, 5) is 28.1. The third-order valence-electron chi connectivity index (χ3n) is 5.45. The number of carbonyl (C=O) groups is 2. The van der Waals surface area contributed by atoms with Gasteiger partial charge in [0.05, 0.1) is 14.2 Å². The van der Waals surface area contributed by atoms with Gasteiger partial charge in [0.2, 0.25) is 0 Å². The molecule has 3 aromatic carbocycles. The normalized spacial score (nSPS) is 13.1. The lowest BCUT2D eigenvalue weighted by atomic mass is 10.1. The van der Waals surface area contributed by atoms with Crippen molar-refractivity contribution in [2.24, 2.45) is 0 Å². The van der Waals surface area contributed by atoms with Gasteiger partial charge in [-0.1, -0.05) is 48.5 Å². The zero-order valence-electron chi connectivity index (χ0n) is 18.0. The minimum absolute atomic E-state index is 0.177. The first-order valence-electron chi connectivity index (χ1n) is 10.3. The molecule has 7 nitrogen and oxygen atoms in total. The molecular weight excluding hydrogens is 406 g/mol. The maximum absolute atomic E-state index is 13.5. The molecule has 0 aliphatic carbocycles. The van der Waals surface area contributed by atoms with Gasteiger partial charge in [0, 0.05) is 24.0 Å². The number of methoxy groups -OCH3 is 2. The average Bonchev–Trinajstić information content (AvgIpc) is 3.27. The van der Waals surface area contributed by atoms with Crippen molar-refractivity contribution < 1.29 is 19.1 Å². The third kappa shape index (κ3) is 4.37. The number of para-hydroxylation sites is 1.